The third-order valence-electron chi connectivity index (χ3n) is 26.6. The van der Waals surface area contributed by atoms with Crippen molar-refractivity contribution in [1.29, 1.82) is 0 Å². The molecule has 28 rings (SSSR count). The molecule has 9 aromatic heterocycles. The molecule has 0 N–H and O–H groups in total. The maximum absolute atomic E-state index is 6.86. The first-order valence-electron chi connectivity index (χ1n) is 43.8. The fourth-order valence-corrected chi connectivity index (χ4v) is 21.9. The van der Waals surface area contributed by atoms with Gasteiger partial charge in [0.2, 0.25) is 0 Å². The van der Waals surface area contributed by atoms with Gasteiger partial charge >= 0.3 is 0 Å². The van der Waals surface area contributed by atoms with Crippen molar-refractivity contribution in [2.24, 2.45) is 0 Å². The zero-order valence-electron chi connectivity index (χ0n) is 70.1. The van der Waals surface area contributed by atoms with Crippen LogP contribution >= 0.6 is 11.3 Å². The Morgan fingerprint density at radius 3 is 1.22 bits per heavy atom. The Bertz CT molecular complexity index is 9350. The number of benzene rings is 18. The molecule has 18 aromatic carbocycles. The topological polar surface area (TPSA) is 140 Å². The average molecular weight is 1680 g/mol. The van der Waals surface area contributed by atoms with Gasteiger partial charge in [0.25, 0.3) is 0 Å². The molecule has 9 heterocycles. The van der Waals surface area contributed by atoms with Gasteiger partial charge in [-0.3, -0.25) is 0 Å². The number of hydrogen-bond acceptors (Lipinski definition) is 11. The highest BCUT2D eigenvalue weighted by Gasteiger charge is 2.36. The Balaban J connectivity index is 0.000000134. The fraction of sp³-hybridized carbons (Fsp3) is 0.0256. The Morgan fingerprint density at radius 1 is 0.223 bits per heavy atom. The maximum Gasteiger partial charge on any atom is 0.167 e. The van der Waals surface area contributed by atoms with Crippen LogP contribution in [0.4, 0.5) is 0 Å². The van der Waals surface area contributed by atoms with Gasteiger partial charge in [-0.05, 0) is 148 Å². The molecule has 0 saturated heterocycles. The highest BCUT2D eigenvalue weighted by molar-refractivity contribution is 7.26. The highest BCUT2D eigenvalue weighted by Crippen LogP contribution is 2.52. The number of para-hydroxylation sites is 7. The molecule has 0 aliphatic heterocycles. The van der Waals surface area contributed by atoms with Crippen LogP contribution in [0.5, 0.6) is 0 Å². The molecule has 0 bridgehead atoms. The Labute approximate surface area is 746 Å². The molecule has 0 spiro atoms. The second kappa shape index (κ2) is 28.5. The lowest BCUT2D eigenvalue weighted by Gasteiger charge is -2.21. The lowest BCUT2D eigenvalue weighted by molar-refractivity contribution is 0.660. The average Bonchev–Trinajstić information content (AvgIpc) is 1.56. The molecule has 0 unspecified atom stereocenters. The van der Waals surface area contributed by atoms with Crippen molar-refractivity contribution in [2.75, 3.05) is 0 Å². The van der Waals surface area contributed by atoms with Crippen molar-refractivity contribution < 1.29 is 17.7 Å². The van der Waals surface area contributed by atoms with Gasteiger partial charge < -0.3 is 26.8 Å². The van der Waals surface area contributed by atoms with E-state index in [1.807, 2.05) is 114 Å². The number of hydrogen-bond donors (Lipinski definition) is 0. The minimum Gasteiger partial charge on any atom is -0.456 e. The molecule has 1 aliphatic rings. The minimum absolute atomic E-state index is 0.159. The lowest BCUT2D eigenvalue weighted by Crippen LogP contribution is -2.15. The second-order valence-electron chi connectivity index (χ2n) is 34.1. The second-order valence-corrected chi connectivity index (χ2v) is 35.2. The number of thiophene rings is 1. The Kier molecular flexibility index (Phi) is 16.1. The summed E-state index contributed by atoms with van der Waals surface area (Å²) in [5.74, 6) is 3.49. The highest BCUT2D eigenvalue weighted by atomic mass is 32.1. The first-order valence-corrected chi connectivity index (χ1v) is 44.6. The van der Waals surface area contributed by atoms with E-state index < -0.39 is 0 Å². The van der Waals surface area contributed by atoms with Crippen LogP contribution in [0.25, 0.3) is 265 Å². The van der Waals surface area contributed by atoms with E-state index in [2.05, 4.69) is 308 Å². The van der Waals surface area contributed by atoms with E-state index in [1.54, 1.807) is 0 Å². The SMILES string of the molecule is CC1(C)c2ccccc2-c2ccc(-c3nc(-c4ccccc4)nc(-c4cccc5oc6ccc(-c7cccc8sc9c(-n%10c%11ccccc%11c%11ccccc%11%10)cccc9c78)cc6c45)n3)cc21.c1ccc(-c2nc(-c3cccc4c3oc3ccccc34)nc(-c3cccc4oc5ccc(-c6cccc7oc8c(-n9c%10ccccc%10c%10ccccc%109)cccc8c67)cc5c34)n2)cc1. The normalized spacial score (nSPS) is 12.6. The van der Waals surface area contributed by atoms with E-state index in [9.17, 15) is 0 Å². The smallest absolute Gasteiger partial charge is 0.167 e. The molecule has 12 nitrogen and oxygen atoms in total. The lowest BCUT2D eigenvalue weighted by atomic mass is 9.82. The minimum atomic E-state index is -0.159. The fourth-order valence-electron chi connectivity index (χ4n) is 20.7. The zero-order valence-corrected chi connectivity index (χ0v) is 70.9. The predicted octanol–water partition coefficient (Wildman–Crippen LogP) is 31.5. The molecule has 13 heteroatoms. The van der Waals surface area contributed by atoms with E-state index >= 15 is 0 Å². The van der Waals surface area contributed by atoms with Gasteiger partial charge in [-0.15, -0.1) is 11.3 Å². The van der Waals surface area contributed by atoms with Gasteiger partial charge in [-0.25, -0.2) is 29.9 Å². The molecule has 130 heavy (non-hydrogen) atoms. The van der Waals surface area contributed by atoms with Gasteiger partial charge in [-0.1, -0.05) is 299 Å². The molecule has 1 aliphatic carbocycles. The molecule has 0 amide bonds. The number of furan rings is 4. The van der Waals surface area contributed by atoms with Crippen molar-refractivity contribution >= 4 is 163 Å². The van der Waals surface area contributed by atoms with Gasteiger partial charge in [0.1, 0.15) is 39.1 Å². The number of aromatic nitrogens is 8. The van der Waals surface area contributed by atoms with E-state index in [4.69, 9.17) is 47.6 Å². The van der Waals surface area contributed by atoms with Crippen LogP contribution in [0.3, 0.4) is 0 Å². The summed E-state index contributed by atoms with van der Waals surface area (Å²) in [6.07, 6.45) is 0. The monoisotopic (exact) mass is 1680 g/mol. The van der Waals surface area contributed by atoms with E-state index in [-0.39, 0.29) is 5.41 Å². The van der Waals surface area contributed by atoms with Gasteiger partial charge in [0, 0.05) is 113 Å². The summed E-state index contributed by atoms with van der Waals surface area (Å²) in [7, 11) is 0. The van der Waals surface area contributed by atoms with Gasteiger partial charge in [0.05, 0.1) is 43.7 Å². The van der Waals surface area contributed by atoms with Crippen LogP contribution < -0.4 is 0 Å². The summed E-state index contributed by atoms with van der Waals surface area (Å²) in [4.78, 5) is 31.2. The standard InChI is InChI=1S/C60H38N4OS.C57H32N4O3/c1-60(2)46-23-9-6-17-39(46)40-31-29-37(34-47(40)60)58-61-57(35-15-4-3-5-16-35)62-59(63-58)44-22-13-27-52-54(44)45-33-36(30-32-51(45)65-52)38-20-14-28-53-55(38)43-21-12-26-50(56(43)66-53)64-48-24-10-7-18-41(48)42-19-8-11-25-49(42)64;1-2-14-33(15-3-1)55-58-56(60-57(59-55)42-23-10-20-39-38-18-6-9-27-47(38)63-53(39)42)41-22-13-28-49-52(41)43-32-34(30-31-48(43)62-49)35-19-12-29-50-51(35)40-21-11-26-46(54(40)64-50)61-44-24-7-4-16-36(44)37-17-5-8-25-45(37)61/h3-34H,1-2H3;1-32H. The number of nitrogens with zero attached hydrogens (tertiary/aromatic N) is 8. The summed E-state index contributed by atoms with van der Waals surface area (Å²) >= 11 is 1.86. The summed E-state index contributed by atoms with van der Waals surface area (Å²) in [6, 6.07) is 136. The van der Waals surface area contributed by atoms with Crippen molar-refractivity contribution in [2.45, 2.75) is 19.3 Å². The van der Waals surface area contributed by atoms with Crippen LogP contribution in [-0.2, 0) is 5.41 Å². The molecule has 27 aromatic rings. The van der Waals surface area contributed by atoms with Crippen LogP contribution in [0.15, 0.2) is 406 Å². The molecular formula is C117H70N8O4S. The Morgan fingerprint density at radius 2 is 0.608 bits per heavy atom. The zero-order chi connectivity index (χ0) is 85.6. The van der Waals surface area contributed by atoms with Crippen molar-refractivity contribution in [3.63, 3.8) is 0 Å². The summed E-state index contributed by atoms with van der Waals surface area (Å²) in [5, 5.41) is 15.5. The number of rotatable bonds is 10. The van der Waals surface area contributed by atoms with Crippen LogP contribution in [0.1, 0.15) is 25.0 Å². The summed E-state index contributed by atoms with van der Waals surface area (Å²) in [5.41, 5.74) is 27.9. The van der Waals surface area contributed by atoms with E-state index in [0.717, 1.165) is 155 Å². The van der Waals surface area contributed by atoms with Crippen LogP contribution in [0.2, 0.25) is 0 Å². The van der Waals surface area contributed by atoms with Crippen molar-refractivity contribution in [3.8, 4) is 113 Å². The number of fused-ring (bicyclic) bond motifs is 24. The van der Waals surface area contributed by atoms with Crippen molar-refractivity contribution in [3.05, 3.63) is 399 Å². The summed E-state index contributed by atoms with van der Waals surface area (Å²) in [6.45, 7) is 4.61. The molecular weight excluding hydrogens is 1610 g/mol. The van der Waals surface area contributed by atoms with Crippen molar-refractivity contribution in [1.82, 2.24) is 39.0 Å². The first kappa shape index (κ1) is 73.4. The van der Waals surface area contributed by atoms with Gasteiger partial charge in [-0.2, -0.15) is 0 Å². The van der Waals surface area contributed by atoms with E-state index in [1.165, 1.54) is 86.3 Å². The third-order valence-corrected chi connectivity index (χ3v) is 27.8. The molecule has 608 valence electrons. The molecule has 0 fully saturated rings. The third kappa shape index (κ3) is 11.2. The van der Waals surface area contributed by atoms with Gasteiger partial charge in [0.15, 0.2) is 40.5 Å². The van der Waals surface area contributed by atoms with E-state index in [0.29, 0.717) is 34.9 Å². The van der Waals surface area contributed by atoms with Crippen LogP contribution in [-0.4, -0.2) is 39.0 Å². The predicted molar refractivity (Wildman–Crippen MR) is 531 cm³/mol. The maximum atomic E-state index is 6.86. The summed E-state index contributed by atoms with van der Waals surface area (Å²) < 4.78 is 33.8. The van der Waals surface area contributed by atoms with Crippen LogP contribution in [0, 0.1) is 0 Å². The molecule has 0 saturated carbocycles. The Hall–Kier alpha value is -17.0. The first-order chi connectivity index (χ1) is 64.2. The molecule has 0 atom stereocenters. The molecule has 0 radical (unpaired) electrons. The largest absolute Gasteiger partial charge is 0.456 e. The quantitative estimate of drug-likeness (QED) is 0.130.